The average Bonchev–Trinajstić information content (AvgIpc) is 2.20. The van der Waals surface area contributed by atoms with E-state index in [1.54, 1.807) is 6.92 Å². The minimum atomic E-state index is -4.48. The highest BCUT2D eigenvalue weighted by molar-refractivity contribution is 7.80. The van der Waals surface area contributed by atoms with Crippen molar-refractivity contribution in [1.29, 1.82) is 0 Å². The van der Waals surface area contributed by atoms with E-state index in [1.165, 1.54) is 6.92 Å². The van der Waals surface area contributed by atoms with Crippen LogP contribution in [-0.2, 0) is 10.9 Å². The molecule has 1 rings (SSSR count). The van der Waals surface area contributed by atoms with Crippen molar-refractivity contribution in [3.05, 3.63) is 28.8 Å². The fourth-order valence-electron chi connectivity index (χ4n) is 1.36. The van der Waals surface area contributed by atoms with Crippen LogP contribution in [0.15, 0.2) is 17.0 Å². The molecular weight excluding hydrogens is 253 g/mol. The van der Waals surface area contributed by atoms with Crippen LogP contribution in [0.25, 0.3) is 0 Å². The molecule has 1 aromatic carbocycles. The van der Waals surface area contributed by atoms with Gasteiger partial charge in [0.15, 0.2) is 0 Å². The molecule has 17 heavy (non-hydrogen) atoms. The highest BCUT2D eigenvalue weighted by atomic mass is 32.1. The Morgan fingerprint density at radius 1 is 1.41 bits per heavy atom. The number of ether oxygens (including phenoxy) is 1. The number of hydrogen-bond acceptors (Lipinski definition) is 3. The number of hydrogen-bond donors (Lipinski definition) is 1. The van der Waals surface area contributed by atoms with Gasteiger partial charge in [0.05, 0.1) is 17.7 Å². The molecule has 0 unspecified atom stereocenters. The highest BCUT2D eigenvalue weighted by Crippen LogP contribution is 2.36. The summed E-state index contributed by atoms with van der Waals surface area (Å²) in [4.78, 5) is 11.2. The third-order valence-electron chi connectivity index (χ3n) is 2.23. The second-order valence-corrected chi connectivity index (χ2v) is 3.80. The van der Waals surface area contributed by atoms with E-state index < -0.39 is 17.7 Å². The van der Waals surface area contributed by atoms with Crippen LogP contribution >= 0.6 is 12.6 Å². The van der Waals surface area contributed by atoms with Gasteiger partial charge in [0.1, 0.15) is 0 Å². The topological polar surface area (TPSA) is 26.3 Å². The molecule has 0 heterocycles. The number of thiol groups is 1. The first-order valence-electron chi connectivity index (χ1n) is 4.86. The number of benzene rings is 1. The van der Waals surface area contributed by atoms with Crippen molar-refractivity contribution in [3.8, 4) is 0 Å². The Hall–Kier alpha value is -1.17. The van der Waals surface area contributed by atoms with Gasteiger partial charge in [0.25, 0.3) is 0 Å². The van der Waals surface area contributed by atoms with Crippen LogP contribution in [0.2, 0.25) is 0 Å². The van der Waals surface area contributed by atoms with E-state index in [0.29, 0.717) is 0 Å². The van der Waals surface area contributed by atoms with Gasteiger partial charge in [0, 0.05) is 4.90 Å². The van der Waals surface area contributed by atoms with E-state index in [2.05, 4.69) is 12.6 Å². The number of esters is 1. The van der Waals surface area contributed by atoms with Gasteiger partial charge in [-0.1, -0.05) is 0 Å². The number of carbonyl (C=O) groups is 1. The van der Waals surface area contributed by atoms with Gasteiger partial charge < -0.3 is 4.74 Å². The van der Waals surface area contributed by atoms with Gasteiger partial charge in [-0.2, -0.15) is 13.2 Å². The second-order valence-electron chi connectivity index (χ2n) is 3.35. The molecule has 0 aliphatic heterocycles. The van der Waals surface area contributed by atoms with Crippen LogP contribution in [0.1, 0.15) is 28.4 Å². The molecule has 0 fully saturated rings. The third-order valence-corrected chi connectivity index (χ3v) is 2.81. The van der Waals surface area contributed by atoms with Crippen LogP contribution in [0, 0.1) is 6.92 Å². The molecule has 0 spiro atoms. The van der Waals surface area contributed by atoms with Crippen LogP contribution in [0.4, 0.5) is 13.2 Å². The summed E-state index contributed by atoms with van der Waals surface area (Å²) >= 11 is 3.81. The van der Waals surface area contributed by atoms with Crippen LogP contribution in [-0.4, -0.2) is 12.6 Å². The van der Waals surface area contributed by atoms with Gasteiger partial charge in [-0.05, 0) is 31.5 Å². The molecule has 0 aromatic heterocycles. The zero-order valence-electron chi connectivity index (χ0n) is 9.26. The Morgan fingerprint density at radius 3 is 2.47 bits per heavy atom. The number of carbonyl (C=O) groups excluding carboxylic acids is 1. The van der Waals surface area contributed by atoms with Gasteiger partial charge in [-0.3, -0.25) is 0 Å². The van der Waals surface area contributed by atoms with Gasteiger partial charge >= 0.3 is 12.1 Å². The molecule has 6 heteroatoms. The van der Waals surface area contributed by atoms with Crippen molar-refractivity contribution < 1.29 is 22.7 Å². The summed E-state index contributed by atoms with van der Waals surface area (Å²) in [7, 11) is 0. The first-order chi connectivity index (χ1) is 7.79. The molecule has 0 saturated heterocycles. The fraction of sp³-hybridized carbons (Fsp3) is 0.364. The van der Waals surface area contributed by atoms with Crippen molar-refractivity contribution in [2.24, 2.45) is 0 Å². The predicted octanol–water partition coefficient (Wildman–Crippen LogP) is 3.48. The monoisotopic (exact) mass is 264 g/mol. The Balaban J connectivity index is 3.25. The number of rotatable bonds is 2. The second kappa shape index (κ2) is 5.00. The lowest BCUT2D eigenvalue weighted by molar-refractivity contribution is -0.139. The fourth-order valence-corrected chi connectivity index (χ4v) is 1.68. The van der Waals surface area contributed by atoms with Crippen molar-refractivity contribution in [1.82, 2.24) is 0 Å². The minimum Gasteiger partial charge on any atom is -0.462 e. The summed E-state index contributed by atoms with van der Waals surface area (Å²) in [5.41, 5.74) is -0.585. The summed E-state index contributed by atoms with van der Waals surface area (Å²) in [5.74, 6) is -0.644. The Morgan fingerprint density at radius 2 is 2.00 bits per heavy atom. The molecule has 0 saturated carbocycles. The first-order valence-corrected chi connectivity index (χ1v) is 5.30. The molecule has 0 N–H and O–H groups in total. The Bertz CT molecular complexity index is 441. The summed E-state index contributed by atoms with van der Waals surface area (Å²) in [6, 6.07) is 1.94. The molecule has 0 aliphatic rings. The summed E-state index contributed by atoms with van der Waals surface area (Å²) in [6.07, 6.45) is -4.48. The van der Waals surface area contributed by atoms with Crippen LogP contribution in [0.5, 0.6) is 0 Å². The van der Waals surface area contributed by atoms with Crippen LogP contribution in [0.3, 0.4) is 0 Å². The van der Waals surface area contributed by atoms with E-state index in [4.69, 9.17) is 4.74 Å². The maximum Gasteiger partial charge on any atom is 0.417 e. The molecule has 94 valence electrons. The normalized spacial score (nSPS) is 11.4. The van der Waals surface area contributed by atoms with E-state index in [1.807, 2.05) is 0 Å². The van der Waals surface area contributed by atoms with Crippen molar-refractivity contribution in [2.45, 2.75) is 24.9 Å². The van der Waals surface area contributed by atoms with Crippen molar-refractivity contribution >= 4 is 18.6 Å². The molecule has 0 radical (unpaired) electrons. The van der Waals surface area contributed by atoms with Gasteiger partial charge in [-0.15, -0.1) is 12.6 Å². The Kier molecular flexibility index (Phi) is 4.08. The van der Waals surface area contributed by atoms with E-state index in [0.717, 1.165) is 12.1 Å². The standard InChI is InChI=1S/C11H11F3O2S/c1-3-16-10(15)7-4-5-8(11(12,13)14)9(17)6(7)2/h4-5,17H,3H2,1-2H3. The molecule has 0 bridgehead atoms. The smallest absolute Gasteiger partial charge is 0.417 e. The largest absolute Gasteiger partial charge is 0.462 e. The first kappa shape index (κ1) is 13.9. The highest BCUT2D eigenvalue weighted by Gasteiger charge is 2.34. The summed E-state index contributed by atoms with van der Waals surface area (Å²) in [6.45, 7) is 3.20. The van der Waals surface area contributed by atoms with E-state index >= 15 is 0 Å². The molecule has 1 aromatic rings. The third kappa shape index (κ3) is 2.94. The maximum atomic E-state index is 12.5. The molecule has 2 nitrogen and oxygen atoms in total. The lowest BCUT2D eigenvalue weighted by Crippen LogP contribution is -2.12. The predicted molar refractivity (Wildman–Crippen MR) is 59.4 cm³/mol. The van der Waals surface area contributed by atoms with Gasteiger partial charge in [0.2, 0.25) is 0 Å². The molecule has 0 atom stereocenters. The van der Waals surface area contributed by atoms with E-state index in [-0.39, 0.29) is 22.6 Å². The molecule has 0 amide bonds. The SMILES string of the molecule is CCOC(=O)c1ccc(C(F)(F)F)c(S)c1C. The zero-order valence-corrected chi connectivity index (χ0v) is 10.2. The lowest BCUT2D eigenvalue weighted by atomic mass is 10.0. The van der Waals surface area contributed by atoms with Gasteiger partial charge in [-0.25, -0.2) is 4.79 Å². The number of halogens is 3. The lowest BCUT2D eigenvalue weighted by Gasteiger charge is -2.14. The molecule has 0 aliphatic carbocycles. The minimum absolute atomic E-state index is 0.102. The van der Waals surface area contributed by atoms with Crippen molar-refractivity contribution in [3.63, 3.8) is 0 Å². The van der Waals surface area contributed by atoms with Crippen molar-refractivity contribution in [2.75, 3.05) is 6.61 Å². The summed E-state index contributed by atoms with van der Waals surface area (Å²) < 4.78 is 42.4. The quantitative estimate of drug-likeness (QED) is 0.654. The van der Waals surface area contributed by atoms with E-state index in [9.17, 15) is 18.0 Å². The average molecular weight is 264 g/mol. The summed E-state index contributed by atoms with van der Waals surface area (Å²) in [5, 5.41) is 0. The molecular formula is C11H11F3O2S. The number of alkyl halides is 3. The van der Waals surface area contributed by atoms with Crippen LogP contribution < -0.4 is 0 Å². The maximum absolute atomic E-state index is 12.5. The zero-order chi connectivity index (χ0) is 13.2. The Labute approximate surface area is 102 Å².